The van der Waals surface area contributed by atoms with E-state index in [4.69, 9.17) is 16.3 Å². The van der Waals surface area contributed by atoms with E-state index in [2.05, 4.69) is 15.2 Å². The van der Waals surface area contributed by atoms with Crippen LogP contribution in [0.4, 0.5) is 18.0 Å². The van der Waals surface area contributed by atoms with Gasteiger partial charge in [0, 0.05) is 30.5 Å². The number of rotatable bonds is 4. The Morgan fingerprint density at radius 2 is 1.98 bits per heavy atom. The second kappa shape index (κ2) is 11.3. The van der Waals surface area contributed by atoms with Gasteiger partial charge in [0.25, 0.3) is 5.91 Å². The van der Waals surface area contributed by atoms with Crippen LogP contribution >= 0.6 is 23.4 Å². The topological polar surface area (TPSA) is 90.9 Å². The fourth-order valence-electron chi connectivity index (χ4n) is 4.94. The Balaban J connectivity index is 1.46. The number of amides is 2. The predicted molar refractivity (Wildman–Crippen MR) is 157 cm³/mol. The third-order valence-electron chi connectivity index (χ3n) is 7.06. The van der Waals surface area contributed by atoms with Crippen LogP contribution < -0.4 is 0 Å². The fourth-order valence-corrected chi connectivity index (χ4v) is 6.16. The van der Waals surface area contributed by atoms with Crippen molar-refractivity contribution in [1.82, 2.24) is 20.0 Å². The molecule has 13 heteroatoms. The minimum atomic E-state index is -4.64. The number of benzene rings is 2. The molecule has 5 rings (SSSR count). The summed E-state index contributed by atoms with van der Waals surface area (Å²) in [6.45, 7) is 6.38. The molecule has 3 heterocycles. The predicted octanol–water partition coefficient (Wildman–Crippen LogP) is 6.76. The Hall–Kier alpha value is -3.51. The van der Waals surface area contributed by atoms with E-state index in [9.17, 15) is 22.8 Å². The quantitative estimate of drug-likeness (QED) is 0.325. The molecule has 222 valence electrons. The second-order valence-electron chi connectivity index (χ2n) is 11.2. The lowest BCUT2D eigenvalue weighted by atomic mass is 9.93. The first-order valence-corrected chi connectivity index (χ1v) is 14.4. The van der Waals surface area contributed by atoms with Crippen LogP contribution in [-0.4, -0.2) is 68.9 Å². The van der Waals surface area contributed by atoms with Gasteiger partial charge in [0.1, 0.15) is 5.60 Å². The number of ether oxygens (including phenoxy) is 1. The lowest BCUT2D eigenvalue weighted by Crippen LogP contribution is -2.42. The van der Waals surface area contributed by atoms with Crippen LogP contribution in [0.25, 0.3) is 16.5 Å². The molecule has 0 radical (unpaired) electrons. The number of amidine groups is 1. The molecular formula is C29H29ClF3N5O3S. The van der Waals surface area contributed by atoms with Crippen molar-refractivity contribution in [2.45, 2.75) is 51.4 Å². The number of nitrogens with one attached hydrogen (secondary N) is 1. The molecule has 0 spiro atoms. The molecule has 42 heavy (non-hydrogen) atoms. The van der Waals surface area contributed by atoms with Crippen LogP contribution in [0.1, 0.15) is 43.9 Å². The molecule has 1 saturated heterocycles. The zero-order valence-electron chi connectivity index (χ0n) is 23.4. The van der Waals surface area contributed by atoms with Crippen LogP contribution in [0, 0.1) is 0 Å². The number of aliphatic imine (C=N–C) groups is 1. The first kappa shape index (κ1) is 30.0. The number of fused-ring (bicyclic) bond motifs is 1. The maximum atomic E-state index is 14.0. The Bertz CT molecular complexity index is 1610. The van der Waals surface area contributed by atoms with Gasteiger partial charge in [0.15, 0.2) is 5.17 Å². The van der Waals surface area contributed by atoms with Gasteiger partial charge < -0.3 is 14.5 Å². The number of thioether (sulfide) groups is 1. The van der Waals surface area contributed by atoms with Gasteiger partial charge in [-0.1, -0.05) is 23.7 Å². The molecule has 0 bridgehead atoms. The highest BCUT2D eigenvalue weighted by molar-refractivity contribution is 8.18. The summed E-state index contributed by atoms with van der Waals surface area (Å²) in [5.41, 5.74) is 0.257. The third-order valence-corrected chi connectivity index (χ3v) is 8.45. The first-order valence-electron chi connectivity index (χ1n) is 13.2. The van der Waals surface area contributed by atoms with Gasteiger partial charge in [-0.25, -0.2) is 4.79 Å². The zero-order chi connectivity index (χ0) is 30.4. The summed E-state index contributed by atoms with van der Waals surface area (Å²) in [6.07, 6.45) is -2.99. The summed E-state index contributed by atoms with van der Waals surface area (Å²) in [5.74, 6) is -0.524. The lowest BCUT2D eigenvalue weighted by Gasteiger charge is -2.28. The smallest absolute Gasteiger partial charge is 0.416 e. The van der Waals surface area contributed by atoms with Crippen molar-refractivity contribution in [1.29, 1.82) is 0 Å². The molecule has 0 saturated carbocycles. The SMILES string of the molecule is CN(C(=O)OC(C)(C)C)C1CCN(C2=NC(=O)C(=C(Cc3ccc(Cl)cc3C(F)(F)F)c3ccc4[nH]ncc4c3)S2)C1. The van der Waals surface area contributed by atoms with Crippen molar-refractivity contribution >= 4 is 57.0 Å². The molecule has 1 unspecified atom stereocenters. The van der Waals surface area contributed by atoms with E-state index in [0.29, 0.717) is 35.8 Å². The van der Waals surface area contributed by atoms with Gasteiger partial charge in [-0.15, -0.1) is 0 Å². The van der Waals surface area contributed by atoms with Gasteiger partial charge in [-0.3, -0.25) is 9.89 Å². The number of alkyl halides is 3. The molecule has 2 aromatic carbocycles. The van der Waals surface area contributed by atoms with Crippen molar-refractivity contribution in [2.24, 2.45) is 4.99 Å². The normalized spacial score (nSPS) is 19.0. The van der Waals surface area contributed by atoms with Crippen LogP contribution in [-0.2, 0) is 22.1 Å². The number of carbonyl (C=O) groups excluding carboxylic acids is 2. The van der Waals surface area contributed by atoms with Crippen molar-refractivity contribution in [3.63, 3.8) is 0 Å². The fraction of sp³-hybridized carbons (Fsp3) is 0.379. The molecule has 1 fully saturated rings. The summed E-state index contributed by atoms with van der Waals surface area (Å²) in [6, 6.07) is 8.80. The van der Waals surface area contributed by atoms with Gasteiger partial charge in [0.05, 0.1) is 28.2 Å². The van der Waals surface area contributed by atoms with Gasteiger partial charge in [-0.05, 0) is 86.3 Å². The number of likely N-dealkylation sites (N-methyl/N-ethyl adjacent to an activating group) is 1. The molecule has 1 N–H and O–H groups in total. The number of allylic oxidation sites excluding steroid dienone is 1. The monoisotopic (exact) mass is 619 g/mol. The summed E-state index contributed by atoms with van der Waals surface area (Å²) < 4.78 is 47.5. The number of aromatic amines is 1. The van der Waals surface area contributed by atoms with E-state index in [1.54, 1.807) is 57.1 Å². The summed E-state index contributed by atoms with van der Waals surface area (Å²) in [7, 11) is 1.68. The molecule has 2 amide bonds. The minimum Gasteiger partial charge on any atom is -0.444 e. The maximum absolute atomic E-state index is 14.0. The van der Waals surface area contributed by atoms with Gasteiger partial charge >= 0.3 is 12.3 Å². The zero-order valence-corrected chi connectivity index (χ0v) is 25.0. The highest BCUT2D eigenvalue weighted by Gasteiger charge is 2.38. The highest BCUT2D eigenvalue weighted by atomic mass is 35.5. The molecular weight excluding hydrogens is 591 g/mol. The maximum Gasteiger partial charge on any atom is 0.416 e. The molecule has 8 nitrogen and oxygen atoms in total. The van der Waals surface area contributed by atoms with E-state index in [0.717, 1.165) is 28.7 Å². The Morgan fingerprint density at radius 3 is 2.69 bits per heavy atom. The van der Waals surface area contributed by atoms with Crippen LogP contribution in [0.5, 0.6) is 0 Å². The average Bonchev–Trinajstić information content (AvgIpc) is 3.65. The molecule has 2 aliphatic rings. The molecule has 3 aromatic rings. The van der Waals surface area contributed by atoms with Crippen LogP contribution in [0.3, 0.4) is 0 Å². The van der Waals surface area contributed by atoms with E-state index < -0.39 is 29.3 Å². The Labute approximate surface area is 249 Å². The molecule has 0 aliphatic carbocycles. The number of hydrogen-bond donors (Lipinski definition) is 1. The van der Waals surface area contributed by atoms with E-state index in [1.807, 2.05) is 4.90 Å². The number of likely N-dealkylation sites (tertiary alicyclic amines) is 1. The third kappa shape index (κ3) is 6.44. The standard InChI is InChI=1S/C29H29ClF3N5O3S/c1-28(2,3)41-27(40)37(4)20-9-10-38(15-20)26-35-25(39)24(42-26)21(16-6-8-23-18(11-16)14-34-36-23)12-17-5-7-19(30)13-22(17)29(31,32)33/h5-8,11,13-14,20H,9-10,12,15H2,1-4H3,(H,34,36). The van der Waals surface area contributed by atoms with Crippen molar-refractivity contribution in [3.05, 3.63) is 69.2 Å². The average molecular weight is 620 g/mol. The van der Waals surface area contributed by atoms with Crippen molar-refractivity contribution in [2.75, 3.05) is 20.1 Å². The first-order chi connectivity index (χ1) is 19.7. The number of hydrogen-bond acceptors (Lipinski definition) is 6. The summed E-state index contributed by atoms with van der Waals surface area (Å²) >= 11 is 7.05. The number of aromatic nitrogens is 2. The van der Waals surface area contributed by atoms with E-state index in [-0.39, 0.29) is 28.0 Å². The number of H-pyrrole nitrogens is 1. The van der Waals surface area contributed by atoms with E-state index in [1.165, 1.54) is 12.1 Å². The lowest BCUT2D eigenvalue weighted by molar-refractivity contribution is -0.138. The van der Waals surface area contributed by atoms with E-state index >= 15 is 0 Å². The van der Waals surface area contributed by atoms with Crippen LogP contribution in [0.2, 0.25) is 5.02 Å². The van der Waals surface area contributed by atoms with Crippen molar-refractivity contribution < 1.29 is 27.5 Å². The Kier molecular flexibility index (Phi) is 8.06. The molecule has 1 atom stereocenters. The Morgan fingerprint density at radius 1 is 1.21 bits per heavy atom. The summed E-state index contributed by atoms with van der Waals surface area (Å²) in [4.78, 5) is 33.9. The van der Waals surface area contributed by atoms with Crippen LogP contribution in [0.15, 0.2) is 52.5 Å². The number of nitrogens with zero attached hydrogens (tertiary/aromatic N) is 4. The molecule has 2 aliphatic heterocycles. The number of halogens is 4. The van der Waals surface area contributed by atoms with Crippen molar-refractivity contribution in [3.8, 4) is 0 Å². The highest BCUT2D eigenvalue weighted by Crippen LogP contribution is 2.41. The number of carbonyl (C=O) groups is 2. The largest absolute Gasteiger partial charge is 0.444 e. The minimum absolute atomic E-state index is 0.0104. The second-order valence-corrected chi connectivity index (χ2v) is 12.7. The summed E-state index contributed by atoms with van der Waals surface area (Å²) in [5, 5.41) is 8.06. The van der Waals surface area contributed by atoms with Gasteiger partial charge in [0.2, 0.25) is 0 Å². The molecule has 1 aromatic heterocycles. The van der Waals surface area contributed by atoms with Gasteiger partial charge in [-0.2, -0.15) is 23.3 Å².